The van der Waals surface area contributed by atoms with Crippen molar-refractivity contribution in [3.8, 4) is 0 Å². The van der Waals surface area contributed by atoms with E-state index < -0.39 is 6.09 Å². The van der Waals surface area contributed by atoms with Crippen LogP contribution in [0.2, 0.25) is 0 Å². The maximum absolute atomic E-state index is 10.7. The highest BCUT2D eigenvalue weighted by atomic mass is 16.4. The SMILES string of the molecule is NC(=O)[C@@H]1CCC(NC(=O)O)C1. The highest BCUT2D eigenvalue weighted by molar-refractivity contribution is 5.77. The second-order valence-electron chi connectivity index (χ2n) is 3.06. The number of primary amides is 1. The molecule has 0 spiro atoms. The molecule has 1 saturated carbocycles. The summed E-state index contributed by atoms with van der Waals surface area (Å²) in [7, 11) is 0. The summed E-state index contributed by atoms with van der Waals surface area (Å²) in [5.41, 5.74) is 5.08. The molecule has 1 aliphatic rings. The standard InChI is InChI=1S/C7H12N2O3/c8-6(10)4-1-2-5(3-4)9-7(11)12/h4-5,9H,1-3H2,(H2,8,10)(H,11,12)/t4-,5?/m1/s1. The van der Waals surface area contributed by atoms with Crippen molar-refractivity contribution >= 4 is 12.0 Å². The Morgan fingerprint density at radius 2 is 2.08 bits per heavy atom. The Hall–Kier alpha value is -1.26. The Balaban J connectivity index is 2.35. The third-order valence-corrected chi connectivity index (χ3v) is 2.16. The number of carbonyl (C=O) groups excluding carboxylic acids is 1. The molecule has 0 aromatic rings. The molecule has 2 amide bonds. The molecule has 0 aliphatic heterocycles. The molecule has 5 heteroatoms. The molecule has 4 N–H and O–H groups in total. The molecule has 0 bridgehead atoms. The summed E-state index contributed by atoms with van der Waals surface area (Å²) in [5, 5.41) is 10.7. The molecule has 0 aromatic heterocycles. The molecule has 0 radical (unpaired) electrons. The van der Waals surface area contributed by atoms with Crippen LogP contribution in [0.1, 0.15) is 19.3 Å². The zero-order chi connectivity index (χ0) is 9.14. The lowest BCUT2D eigenvalue weighted by atomic mass is 10.1. The molecule has 1 unspecified atom stereocenters. The lowest BCUT2D eigenvalue weighted by Gasteiger charge is -2.08. The van der Waals surface area contributed by atoms with Gasteiger partial charge in [-0.25, -0.2) is 4.79 Å². The normalized spacial score (nSPS) is 28.3. The second kappa shape index (κ2) is 3.42. The van der Waals surface area contributed by atoms with E-state index in [0.29, 0.717) is 19.3 Å². The van der Waals surface area contributed by atoms with Crippen LogP contribution in [0.25, 0.3) is 0 Å². The first-order valence-corrected chi connectivity index (χ1v) is 3.88. The van der Waals surface area contributed by atoms with Crippen molar-refractivity contribution in [2.45, 2.75) is 25.3 Å². The van der Waals surface area contributed by atoms with Crippen molar-refractivity contribution in [1.29, 1.82) is 0 Å². The molecule has 12 heavy (non-hydrogen) atoms. The molecule has 2 atom stereocenters. The fourth-order valence-electron chi connectivity index (χ4n) is 1.55. The van der Waals surface area contributed by atoms with E-state index in [0.717, 1.165) is 0 Å². The van der Waals surface area contributed by atoms with Crippen LogP contribution in [0, 0.1) is 5.92 Å². The Kier molecular flexibility index (Phi) is 2.52. The lowest BCUT2D eigenvalue weighted by molar-refractivity contribution is -0.121. The quantitative estimate of drug-likeness (QED) is 0.543. The van der Waals surface area contributed by atoms with E-state index >= 15 is 0 Å². The van der Waals surface area contributed by atoms with Crippen LogP contribution in [0.3, 0.4) is 0 Å². The van der Waals surface area contributed by atoms with Gasteiger partial charge in [-0.2, -0.15) is 0 Å². The second-order valence-corrected chi connectivity index (χ2v) is 3.06. The maximum Gasteiger partial charge on any atom is 0.404 e. The maximum atomic E-state index is 10.7. The summed E-state index contributed by atoms with van der Waals surface area (Å²) in [5.74, 6) is -0.480. The van der Waals surface area contributed by atoms with E-state index in [9.17, 15) is 9.59 Å². The van der Waals surface area contributed by atoms with Gasteiger partial charge in [0, 0.05) is 12.0 Å². The first kappa shape index (κ1) is 8.83. The number of rotatable bonds is 2. The van der Waals surface area contributed by atoms with E-state index in [1.807, 2.05) is 0 Å². The van der Waals surface area contributed by atoms with E-state index in [-0.39, 0.29) is 17.9 Å². The third kappa shape index (κ3) is 2.11. The Morgan fingerprint density at radius 3 is 2.50 bits per heavy atom. The van der Waals surface area contributed by atoms with Crippen LogP contribution in [-0.4, -0.2) is 23.1 Å². The fourth-order valence-corrected chi connectivity index (χ4v) is 1.55. The number of nitrogens with two attached hydrogens (primary N) is 1. The van der Waals surface area contributed by atoms with Gasteiger partial charge in [0.15, 0.2) is 0 Å². The van der Waals surface area contributed by atoms with Gasteiger partial charge in [-0.1, -0.05) is 0 Å². The Bertz CT molecular complexity index is 205. The minimum Gasteiger partial charge on any atom is -0.465 e. The monoisotopic (exact) mass is 172 g/mol. The number of amides is 2. The van der Waals surface area contributed by atoms with E-state index in [4.69, 9.17) is 10.8 Å². The molecule has 0 saturated heterocycles. The average molecular weight is 172 g/mol. The Labute approximate surface area is 69.9 Å². The van der Waals surface area contributed by atoms with E-state index in [1.54, 1.807) is 0 Å². The number of hydrogen-bond acceptors (Lipinski definition) is 2. The molecular weight excluding hydrogens is 160 g/mol. The summed E-state index contributed by atoms with van der Waals surface area (Å²) in [6.45, 7) is 0. The molecular formula is C7H12N2O3. The number of carboxylic acid groups (broad SMARTS) is 1. The van der Waals surface area contributed by atoms with Crippen LogP contribution in [0.5, 0.6) is 0 Å². The lowest BCUT2D eigenvalue weighted by Crippen LogP contribution is -2.32. The van der Waals surface area contributed by atoms with Crippen LogP contribution < -0.4 is 11.1 Å². The largest absolute Gasteiger partial charge is 0.465 e. The van der Waals surface area contributed by atoms with Gasteiger partial charge in [-0.3, -0.25) is 4.79 Å². The van der Waals surface area contributed by atoms with Gasteiger partial charge in [-0.05, 0) is 19.3 Å². The first-order chi connectivity index (χ1) is 5.59. The number of nitrogens with one attached hydrogen (secondary N) is 1. The van der Waals surface area contributed by atoms with Crippen LogP contribution >= 0.6 is 0 Å². The van der Waals surface area contributed by atoms with Gasteiger partial charge < -0.3 is 16.2 Å². The van der Waals surface area contributed by atoms with Crippen molar-refractivity contribution in [3.05, 3.63) is 0 Å². The highest BCUT2D eigenvalue weighted by Crippen LogP contribution is 2.24. The van der Waals surface area contributed by atoms with E-state index in [1.165, 1.54) is 0 Å². The Morgan fingerprint density at radius 1 is 1.42 bits per heavy atom. The van der Waals surface area contributed by atoms with Gasteiger partial charge in [-0.15, -0.1) is 0 Å². The number of hydrogen-bond donors (Lipinski definition) is 3. The van der Waals surface area contributed by atoms with Gasteiger partial charge in [0.25, 0.3) is 0 Å². The molecule has 1 rings (SSSR count). The summed E-state index contributed by atoms with van der Waals surface area (Å²) in [4.78, 5) is 20.9. The zero-order valence-electron chi connectivity index (χ0n) is 6.62. The van der Waals surface area contributed by atoms with Gasteiger partial charge >= 0.3 is 6.09 Å². The van der Waals surface area contributed by atoms with Crippen molar-refractivity contribution in [1.82, 2.24) is 5.32 Å². The van der Waals surface area contributed by atoms with Crippen molar-refractivity contribution in [3.63, 3.8) is 0 Å². The molecule has 5 nitrogen and oxygen atoms in total. The van der Waals surface area contributed by atoms with Gasteiger partial charge in [0.2, 0.25) is 5.91 Å². The van der Waals surface area contributed by atoms with Gasteiger partial charge in [0.1, 0.15) is 0 Å². The minimum atomic E-state index is -1.04. The fraction of sp³-hybridized carbons (Fsp3) is 0.714. The molecule has 68 valence electrons. The summed E-state index contributed by atoms with van der Waals surface area (Å²) < 4.78 is 0. The molecule has 1 fully saturated rings. The topological polar surface area (TPSA) is 92.4 Å². The van der Waals surface area contributed by atoms with Crippen molar-refractivity contribution < 1.29 is 14.7 Å². The minimum absolute atomic E-state index is 0.0972. The zero-order valence-corrected chi connectivity index (χ0v) is 6.62. The van der Waals surface area contributed by atoms with Gasteiger partial charge in [0.05, 0.1) is 0 Å². The van der Waals surface area contributed by atoms with Crippen LogP contribution in [0.15, 0.2) is 0 Å². The summed E-state index contributed by atoms with van der Waals surface area (Å²) >= 11 is 0. The average Bonchev–Trinajstić information content (AvgIpc) is 2.34. The first-order valence-electron chi connectivity index (χ1n) is 3.88. The summed E-state index contributed by atoms with van der Waals surface area (Å²) in [6.07, 6.45) is 0.909. The van der Waals surface area contributed by atoms with E-state index in [2.05, 4.69) is 5.32 Å². The highest BCUT2D eigenvalue weighted by Gasteiger charge is 2.28. The molecule has 1 aliphatic carbocycles. The molecule has 0 aromatic carbocycles. The van der Waals surface area contributed by atoms with Crippen molar-refractivity contribution in [2.75, 3.05) is 0 Å². The van der Waals surface area contributed by atoms with Crippen molar-refractivity contribution in [2.24, 2.45) is 11.7 Å². The summed E-state index contributed by atoms with van der Waals surface area (Å²) in [6, 6.07) is -0.0972. The van der Waals surface area contributed by atoms with Crippen LogP contribution in [-0.2, 0) is 4.79 Å². The predicted molar refractivity (Wildman–Crippen MR) is 41.5 cm³/mol. The van der Waals surface area contributed by atoms with Crippen LogP contribution in [0.4, 0.5) is 4.79 Å². The predicted octanol–water partition coefficient (Wildman–Crippen LogP) is -0.0920. The smallest absolute Gasteiger partial charge is 0.404 e. The number of carbonyl (C=O) groups is 2. The molecule has 0 heterocycles. The third-order valence-electron chi connectivity index (χ3n) is 2.16.